The third-order valence-electron chi connectivity index (χ3n) is 5.43. The van der Waals surface area contributed by atoms with E-state index in [1.807, 2.05) is 0 Å². The van der Waals surface area contributed by atoms with Crippen molar-refractivity contribution in [2.24, 2.45) is 5.92 Å². The van der Waals surface area contributed by atoms with Crippen LogP contribution in [0, 0.1) is 5.92 Å². The maximum atomic E-state index is 12.7. The van der Waals surface area contributed by atoms with Crippen molar-refractivity contribution < 1.29 is 28.7 Å². The minimum atomic E-state index is -0.504. The predicted octanol–water partition coefficient (Wildman–Crippen LogP) is 1.33. The van der Waals surface area contributed by atoms with E-state index in [1.165, 1.54) is 4.90 Å². The number of hydrogen-bond acceptors (Lipinski definition) is 5. The summed E-state index contributed by atoms with van der Waals surface area (Å²) in [5.41, 5.74) is 1.35. The first-order valence-electron chi connectivity index (χ1n) is 9.81. The van der Waals surface area contributed by atoms with Gasteiger partial charge in [0.25, 0.3) is 5.91 Å². The fourth-order valence-electron chi connectivity index (χ4n) is 3.83. The number of ether oxygens (including phenoxy) is 3. The van der Waals surface area contributed by atoms with Gasteiger partial charge in [0, 0.05) is 11.5 Å². The summed E-state index contributed by atoms with van der Waals surface area (Å²) in [5.74, 6) is 1.30. The van der Waals surface area contributed by atoms with Gasteiger partial charge in [-0.25, -0.2) is 4.79 Å². The normalized spacial score (nSPS) is 20.9. The molecule has 0 bridgehead atoms. The number of piperidine rings is 1. The smallest absolute Gasteiger partial charge is 0.356 e. The number of rotatable bonds is 5. The number of quaternary nitrogens is 1. The van der Waals surface area contributed by atoms with Crippen molar-refractivity contribution >= 4 is 28.5 Å². The number of amides is 1. The third-order valence-corrected chi connectivity index (χ3v) is 5.43. The molecule has 150 valence electrons. The predicted molar refractivity (Wildman–Crippen MR) is 103 cm³/mol. The van der Waals surface area contributed by atoms with Crippen molar-refractivity contribution in [1.29, 1.82) is 0 Å². The van der Waals surface area contributed by atoms with Crippen LogP contribution in [0.1, 0.15) is 37.2 Å². The van der Waals surface area contributed by atoms with Crippen LogP contribution in [0.4, 0.5) is 5.69 Å². The summed E-state index contributed by atoms with van der Waals surface area (Å²) < 4.78 is 16.0. The van der Waals surface area contributed by atoms with Gasteiger partial charge in [-0.15, -0.1) is 0 Å². The summed E-state index contributed by atoms with van der Waals surface area (Å²) >= 11 is 0. The fourth-order valence-corrected chi connectivity index (χ4v) is 3.83. The Hall–Kier alpha value is -2.74. The molecule has 2 aromatic rings. The molecule has 0 saturated carbocycles. The Labute approximate surface area is 163 Å². The number of hydrogen-bond donors (Lipinski definition) is 3. The standard InChI is InChI=1S/C20H25N3O5/c1-3-26-20(25)19-18(22-17(24)10-23-6-4-12(2)5-7-23)13-8-15-16(28-11-27-15)9-14(13)21-19/h8-9,12,21H,3-7,10-11H2,1-2H3,(H,22,24)/p+1. The molecule has 3 heterocycles. The lowest BCUT2D eigenvalue weighted by Gasteiger charge is -2.26. The second-order valence-electron chi connectivity index (χ2n) is 7.50. The first kappa shape index (κ1) is 18.6. The molecule has 0 unspecified atom stereocenters. The number of carbonyl (C=O) groups is 2. The maximum Gasteiger partial charge on any atom is 0.356 e. The van der Waals surface area contributed by atoms with Gasteiger partial charge in [0.1, 0.15) is 5.69 Å². The highest BCUT2D eigenvalue weighted by Crippen LogP contribution is 2.39. The molecule has 8 nitrogen and oxygen atoms in total. The van der Waals surface area contributed by atoms with E-state index in [9.17, 15) is 9.59 Å². The zero-order valence-corrected chi connectivity index (χ0v) is 16.2. The summed E-state index contributed by atoms with van der Waals surface area (Å²) in [7, 11) is 0. The largest absolute Gasteiger partial charge is 0.461 e. The van der Waals surface area contributed by atoms with Crippen LogP contribution in [0.15, 0.2) is 12.1 Å². The van der Waals surface area contributed by atoms with Crippen LogP contribution in [0.25, 0.3) is 10.9 Å². The third kappa shape index (κ3) is 3.64. The molecule has 2 aliphatic rings. The number of anilines is 1. The van der Waals surface area contributed by atoms with Crippen LogP contribution >= 0.6 is 0 Å². The lowest BCUT2D eigenvalue weighted by atomic mass is 9.99. The van der Waals surface area contributed by atoms with Crippen LogP contribution in [0.2, 0.25) is 0 Å². The summed E-state index contributed by atoms with van der Waals surface area (Å²) in [4.78, 5) is 29.5. The molecule has 1 amide bonds. The van der Waals surface area contributed by atoms with Gasteiger partial charge in [-0.2, -0.15) is 0 Å². The molecular weight excluding hydrogens is 362 g/mol. The van der Waals surface area contributed by atoms with Crippen LogP contribution < -0.4 is 19.7 Å². The summed E-state index contributed by atoms with van der Waals surface area (Å²) in [6.07, 6.45) is 2.26. The zero-order chi connectivity index (χ0) is 19.7. The first-order chi connectivity index (χ1) is 13.5. The van der Waals surface area contributed by atoms with E-state index in [-0.39, 0.29) is 25.0 Å². The van der Waals surface area contributed by atoms with E-state index in [2.05, 4.69) is 17.2 Å². The number of benzene rings is 1. The maximum absolute atomic E-state index is 12.7. The van der Waals surface area contributed by atoms with Gasteiger partial charge in [-0.3, -0.25) is 4.79 Å². The molecule has 1 aromatic carbocycles. The molecule has 28 heavy (non-hydrogen) atoms. The van der Waals surface area contributed by atoms with Crippen LogP contribution in [0.3, 0.4) is 0 Å². The highest BCUT2D eigenvalue weighted by molar-refractivity contribution is 6.11. The number of nitrogens with one attached hydrogen (secondary N) is 3. The molecule has 1 aromatic heterocycles. The second-order valence-corrected chi connectivity index (χ2v) is 7.50. The molecule has 0 spiro atoms. The van der Waals surface area contributed by atoms with Gasteiger partial charge in [0.15, 0.2) is 18.0 Å². The second kappa shape index (κ2) is 7.71. The van der Waals surface area contributed by atoms with Crippen molar-refractivity contribution in [3.63, 3.8) is 0 Å². The number of aromatic nitrogens is 1. The minimum Gasteiger partial charge on any atom is -0.461 e. The molecule has 0 aliphatic carbocycles. The first-order valence-corrected chi connectivity index (χ1v) is 9.81. The Morgan fingerprint density at radius 3 is 2.68 bits per heavy atom. The molecule has 8 heteroatoms. The molecule has 1 fully saturated rings. The highest BCUT2D eigenvalue weighted by Gasteiger charge is 2.26. The molecule has 1 saturated heterocycles. The Morgan fingerprint density at radius 1 is 1.25 bits per heavy atom. The molecule has 4 rings (SSSR count). The number of likely N-dealkylation sites (tertiary alicyclic amines) is 1. The molecule has 3 N–H and O–H groups in total. The molecule has 0 atom stereocenters. The van der Waals surface area contributed by atoms with Gasteiger partial charge in [0.05, 0.1) is 30.9 Å². The average molecular weight is 388 g/mol. The number of fused-ring (bicyclic) bond motifs is 2. The van der Waals surface area contributed by atoms with E-state index < -0.39 is 5.97 Å². The van der Waals surface area contributed by atoms with Crippen molar-refractivity contribution in [1.82, 2.24) is 4.98 Å². The fraction of sp³-hybridized carbons (Fsp3) is 0.500. The van der Waals surface area contributed by atoms with E-state index >= 15 is 0 Å². The van der Waals surface area contributed by atoms with Crippen molar-refractivity contribution in [3.8, 4) is 11.5 Å². The summed E-state index contributed by atoms with van der Waals surface area (Å²) in [6, 6.07) is 3.55. The van der Waals surface area contributed by atoms with Gasteiger partial charge in [-0.1, -0.05) is 6.92 Å². The van der Waals surface area contributed by atoms with E-state index in [0.29, 0.717) is 34.6 Å². The lowest BCUT2D eigenvalue weighted by Crippen LogP contribution is -3.14. The van der Waals surface area contributed by atoms with Crippen molar-refractivity contribution in [2.75, 3.05) is 38.4 Å². The monoisotopic (exact) mass is 388 g/mol. The Bertz CT molecular complexity index is 899. The number of esters is 1. The number of H-pyrrole nitrogens is 1. The summed E-state index contributed by atoms with van der Waals surface area (Å²) in [5, 5.41) is 3.63. The zero-order valence-electron chi connectivity index (χ0n) is 16.2. The highest BCUT2D eigenvalue weighted by atomic mass is 16.7. The topological polar surface area (TPSA) is 94.1 Å². The Kier molecular flexibility index (Phi) is 5.13. The van der Waals surface area contributed by atoms with Gasteiger partial charge >= 0.3 is 5.97 Å². The number of aromatic amines is 1. The quantitative estimate of drug-likeness (QED) is 0.672. The average Bonchev–Trinajstić information content (AvgIpc) is 3.26. The Balaban J connectivity index is 1.60. The van der Waals surface area contributed by atoms with E-state index in [4.69, 9.17) is 14.2 Å². The van der Waals surface area contributed by atoms with Crippen LogP contribution in [-0.4, -0.2) is 49.9 Å². The summed E-state index contributed by atoms with van der Waals surface area (Å²) in [6.45, 7) is 6.77. The molecule has 0 radical (unpaired) electrons. The van der Waals surface area contributed by atoms with Crippen molar-refractivity contribution in [2.45, 2.75) is 26.7 Å². The van der Waals surface area contributed by atoms with E-state index in [1.54, 1.807) is 19.1 Å². The molecule has 2 aliphatic heterocycles. The van der Waals surface area contributed by atoms with Crippen molar-refractivity contribution in [3.05, 3.63) is 17.8 Å². The van der Waals surface area contributed by atoms with Gasteiger partial charge in [-0.05, 0) is 31.7 Å². The van der Waals surface area contributed by atoms with Gasteiger partial charge in [0.2, 0.25) is 6.79 Å². The Morgan fingerprint density at radius 2 is 1.96 bits per heavy atom. The molecular formula is C20H26N3O5+. The number of carbonyl (C=O) groups excluding carboxylic acids is 2. The minimum absolute atomic E-state index is 0.117. The lowest BCUT2D eigenvalue weighted by molar-refractivity contribution is -0.897. The van der Waals surface area contributed by atoms with Crippen LogP contribution in [-0.2, 0) is 9.53 Å². The SMILES string of the molecule is CCOC(=O)c1[nH]c2cc3c(cc2c1NC(=O)C[NH+]1CCC(C)CC1)OCO3. The van der Waals surface area contributed by atoms with Crippen LogP contribution in [0.5, 0.6) is 11.5 Å². The van der Waals surface area contributed by atoms with E-state index in [0.717, 1.165) is 31.8 Å². The van der Waals surface area contributed by atoms with Gasteiger partial charge < -0.3 is 29.4 Å².